The molecule has 1 atom stereocenters. The van der Waals surface area contributed by atoms with Crippen molar-refractivity contribution in [2.75, 3.05) is 5.32 Å². The number of nitro groups is 1. The highest BCUT2D eigenvalue weighted by Gasteiger charge is 2.23. The topological polar surface area (TPSA) is 72.2 Å². The number of fused-ring (bicyclic) bond motifs is 1. The standard InChI is InChI=1S/C10H10N2O3/c1-6-4-7-5-8(12(14)15)2-3-9(7)11-10(6)13/h2-3,5-6H,4H2,1H3,(H,11,13). The van der Waals surface area contributed by atoms with Crippen molar-refractivity contribution < 1.29 is 9.72 Å². The molecule has 1 aromatic rings. The monoisotopic (exact) mass is 206 g/mol. The number of hydrogen-bond donors (Lipinski definition) is 1. The average Bonchev–Trinajstić information content (AvgIpc) is 2.19. The first-order valence-electron chi connectivity index (χ1n) is 4.66. The van der Waals surface area contributed by atoms with E-state index in [1.54, 1.807) is 13.0 Å². The number of carbonyl (C=O) groups is 1. The fourth-order valence-electron chi connectivity index (χ4n) is 1.66. The Morgan fingerprint density at radius 3 is 2.93 bits per heavy atom. The van der Waals surface area contributed by atoms with Crippen molar-refractivity contribution in [2.24, 2.45) is 5.92 Å². The Morgan fingerprint density at radius 2 is 2.27 bits per heavy atom. The van der Waals surface area contributed by atoms with E-state index in [0.717, 1.165) is 5.56 Å². The van der Waals surface area contributed by atoms with Gasteiger partial charge in [0.05, 0.1) is 4.92 Å². The fraction of sp³-hybridized carbons (Fsp3) is 0.300. The van der Waals surface area contributed by atoms with Crippen LogP contribution in [0, 0.1) is 16.0 Å². The molecule has 0 aliphatic carbocycles. The highest BCUT2D eigenvalue weighted by molar-refractivity contribution is 5.95. The molecule has 15 heavy (non-hydrogen) atoms. The van der Waals surface area contributed by atoms with E-state index in [-0.39, 0.29) is 17.5 Å². The van der Waals surface area contributed by atoms with E-state index < -0.39 is 4.92 Å². The van der Waals surface area contributed by atoms with Crippen LogP contribution in [0.25, 0.3) is 0 Å². The largest absolute Gasteiger partial charge is 0.326 e. The quantitative estimate of drug-likeness (QED) is 0.561. The Labute approximate surface area is 86.2 Å². The van der Waals surface area contributed by atoms with Gasteiger partial charge in [-0.05, 0) is 18.1 Å². The van der Waals surface area contributed by atoms with Crippen molar-refractivity contribution in [3.63, 3.8) is 0 Å². The summed E-state index contributed by atoms with van der Waals surface area (Å²) in [6.45, 7) is 1.80. The number of amides is 1. The third-order valence-corrected chi connectivity index (χ3v) is 2.53. The van der Waals surface area contributed by atoms with Crippen LogP contribution in [-0.4, -0.2) is 10.8 Å². The lowest BCUT2D eigenvalue weighted by atomic mass is 9.94. The van der Waals surface area contributed by atoms with E-state index in [4.69, 9.17) is 0 Å². The Hall–Kier alpha value is -1.91. The number of nitrogens with zero attached hydrogens (tertiary/aromatic N) is 1. The van der Waals surface area contributed by atoms with Crippen LogP contribution < -0.4 is 5.32 Å². The lowest BCUT2D eigenvalue weighted by Gasteiger charge is -2.21. The number of nitro benzene ring substituents is 1. The minimum Gasteiger partial charge on any atom is -0.326 e. The Balaban J connectivity index is 2.41. The molecule has 5 nitrogen and oxygen atoms in total. The molecule has 0 bridgehead atoms. The Morgan fingerprint density at radius 1 is 1.53 bits per heavy atom. The summed E-state index contributed by atoms with van der Waals surface area (Å²) in [5.41, 5.74) is 1.58. The molecule has 0 aromatic heterocycles. The van der Waals surface area contributed by atoms with Gasteiger partial charge in [-0.3, -0.25) is 14.9 Å². The third kappa shape index (κ3) is 1.68. The highest BCUT2D eigenvalue weighted by atomic mass is 16.6. The van der Waals surface area contributed by atoms with Gasteiger partial charge in [-0.25, -0.2) is 0 Å². The van der Waals surface area contributed by atoms with E-state index in [2.05, 4.69) is 5.32 Å². The van der Waals surface area contributed by atoms with E-state index in [1.807, 2.05) is 0 Å². The van der Waals surface area contributed by atoms with Crippen LogP contribution in [0.3, 0.4) is 0 Å². The molecule has 0 radical (unpaired) electrons. The average molecular weight is 206 g/mol. The van der Waals surface area contributed by atoms with Gasteiger partial charge in [0.15, 0.2) is 0 Å². The first-order chi connectivity index (χ1) is 7.08. The first-order valence-corrected chi connectivity index (χ1v) is 4.66. The molecule has 78 valence electrons. The van der Waals surface area contributed by atoms with Crippen LogP contribution in [0.1, 0.15) is 12.5 Å². The second kappa shape index (κ2) is 3.34. The molecule has 0 saturated carbocycles. The zero-order valence-electron chi connectivity index (χ0n) is 8.19. The zero-order valence-corrected chi connectivity index (χ0v) is 8.19. The van der Waals surface area contributed by atoms with Crippen molar-refractivity contribution in [1.82, 2.24) is 0 Å². The Bertz CT molecular complexity index is 442. The molecule has 1 aliphatic rings. The van der Waals surface area contributed by atoms with Crippen LogP contribution in [0.5, 0.6) is 0 Å². The number of benzene rings is 1. The maximum atomic E-state index is 11.3. The molecule has 2 rings (SSSR count). The van der Waals surface area contributed by atoms with Gasteiger partial charge in [0.25, 0.3) is 5.69 Å². The molecular weight excluding hydrogens is 196 g/mol. The predicted octanol–water partition coefficient (Wildman–Crippen LogP) is 1.73. The minimum atomic E-state index is -0.429. The van der Waals surface area contributed by atoms with E-state index >= 15 is 0 Å². The van der Waals surface area contributed by atoms with Crippen LogP contribution in [0.2, 0.25) is 0 Å². The van der Waals surface area contributed by atoms with Crippen molar-refractivity contribution in [3.05, 3.63) is 33.9 Å². The lowest BCUT2D eigenvalue weighted by Crippen LogP contribution is -2.27. The number of anilines is 1. The summed E-state index contributed by atoms with van der Waals surface area (Å²) >= 11 is 0. The number of non-ortho nitro benzene ring substituents is 1. The van der Waals surface area contributed by atoms with Gasteiger partial charge in [0.2, 0.25) is 5.91 Å². The van der Waals surface area contributed by atoms with Crippen molar-refractivity contribution in [2.45, 2.75) is 13.3 Å². The van der Waals surface area contributed by atoms with Gasteiger partial charge in [-0.1, -0.05) is 6.92 Å². The van der Waals surface area contributed by atoms with Gasteiger partial charge in [-0.2, -0.15) is 0 Å². The second-order valence-corrected chi connectivity index (χ2v) is 3.69. The summed E-state index contributed by atoms with van der Waals surface area (Å²) in [4.78, 5) is 21.5. The second-order valence-electron chi connectivity index (χ2n) is 3.69. The van der Waals surface area contributed by atoms with Gasteiger partial charge >= 0.3 is 0 Å². The number of hydrogen-bond acceptors (Lipinski definition) is 3. The van der Waals surface area contributed by atoms with Crippen molar-refractivity contribution >= 4 is 17.3 Å². The molecule has 0 spiro atoms. The van der Waals surface area contributed by atoms with E-state index in [1.165, 1.54) is 12.1 Å². The molecule has 1 aliphatic heterocycles. The molecule has 1 N–H and O–H groups in total. The number of carbonyl (C=O) groups excluding carboxylic acids is 1. The van der Waals surface area contributed by atoms with Crippen molar-refractivity contribution in [3.8, 4) is 0 Å². The first kappa shape index (κ1) is 9.64. The summed E-state index contributed by atoms with van der Waals surface area (Å²) in [7, 11) is 0. The molecular formula is C10H10N2O3. The summed E-state index contributed by atoms with van der Waals surface area (Å²) in [6, 6.07) is 4.50. The van der Waals surface area contributed by atoms with E-state index in [9.17, 15) is 14.9 Å². The SMILES string of the molecule is CC1Cc2cc([N+](=O)[O-])ccc2NC1=O. The zero-order chi connectivity index (χ0) is 11.0. The van der Waals surface area contributed by atoms with Crippen LogP contribution in [0.15, 0.2) is 18.2 Å². The summed E-state index contributed by atoms with van der Waals surface area (Å²) < 4.78 is 0. The van der Waals surface area contributed by atoms with Crippen LogP contribution in [0.4, 0.5) is 11.4 Å². The number of rotatable bonds is 1. The minimum absolute atomic E-state index is 0.0312. The highest BCUT2D eigenvalue weighted by Crippen LogP contribution is 2.28. The van der Waals surface area contributed by atoms with E-state index in [0.29, 0.717) is 12.1 Å². The lowest BCUT2D eigenvalue weighted by molar-refractivity contribution is -0.384. The fourth-order valence-corrected chi connectivity index (χ4v) is 1.66. The van der Waals surface area contributed by atoms with Gasteiger partial charge in [0.1, 0.15) is 0 Å². The normalized spacial score (nSPS) is 19.3. The predicted molar refractivity (Wildman–Crippen MR) is 54.6 cm³/mol. The molecule has 0 fully saturated rings. The number of nitrogens with one attached hydrogen (secondary N) is 1. The maximum Gasteiger partial charge on any atom is 0.269 e. The summed E-state index contributed by atoms with van der Waals surface area (Å²) in [5, 5.41) is 13.3. The summed E-state index contributed by atoms with van der Waals surface area (Å²) in [5.74, 6) is -0.157. The van der Waals surface area contributed by atoms with Gasteiger partial charge in [0, 0.05) is 23.7 Å². The molecule has 1 amide bonds. The molecule has 1 unspecified atom stereocenters. The molecule has 1 aromatic carbocycles. The van der Waals surface area contributed by atoms with Crippen LogP contribution >= 0.6 is 0 Å². The molecule has 0 saturated heterocycles. The Kier molecular flexibility index (Phi) is 2.15. The van der Waals surface area contributed by atoms with Crippen LogP contribution in [-0.2, 0) is 11.2 Å². The van der Waals surface area contributed by atoms with Gasteiger partial charge < -0.3 is 5.32 Å². The summed E-state index contributed by atoms with van der Waals surface area (Å²) in [6.07, 6.45) is 0.558. The van der Waals surface area contributed by atoms with Gasteiger partial charge in [-0.15, -0.1) is 0 Å². The maximum absolute atomic E-state index is 11.3. The van der Waals surface area contributed by atoms with Crippen molar-refractivity contribution in [1.29, 1.82) is 0 Å². The molecule has 1 heterocycles. The third-order valence-electron chi connectivity index (χ3n) is 2.53. The smallest absolute Gasteiger partial charge is 0.269 e. The molecule has 5 heteroatoms.